The SMILES string of the molecule is CC(=O)SC[C@H](C)C(=O)Nc1cnn(CCc2scnc2C)c1. The number of hydrogen-bond donors (Lipinski definition) is 1. The van der Waals surface area contributed by atoms with Gasteiger partial charge >= 0.3 is 0 Å². The average Bonchev–Trinajstić information content (AvgIpc) is 3.11. The Hall–Kier alpha value is -1.67. The van der Waals surface area contributed by atoms with Crippen molar-refractivity contribution in [1.82, 2.24) is 14.8 Å². The molecule has 0 fully saturated rings. The maximum atomic E-state index is 12.0. The molecule has 2 aromatic heterocycles. The Bertz CT molecular complexity index is 681. The summed E-state index contributed by atoms with van der Waals surface area (Å²) in [7, 11) is 0. The molecule has 0 aliphatic heterocycles. The monoisotopic (exact) mass is 352 g/mol. The highest BCUT2D eigenvalue weighted by molar-refractivity contribution is 8.13. The first kappa shape index (κ1) is 17.7. The summed E-state index contributed by atoms with van der Waals surface area (Å²) in [6, 6.07) is 0. The summed E-state index contributed by atoms with van der Waals surface area (Å²) >= 11 is 2.81. The number of carbonyl (C=O) groups excluding carboxylic acids is 2. The topological polar surface area (TPSA) is 76.9 Å². The van der Waals surface area contributed by atoms with Crippen LogP contribution in [0, 0.1) is 12.8 Å². The summed E-state index contributed by atoms with van der Waals surface area (Å²) in [4.78, 5) is 28.5. The number of amides is 1. The fourth-order valence-corrected chi connectivity index (χ4v) is 3.32. The van der Waals surface area contributed by atoms with Gasteiger partial charge in [0.1, 0.15) is 0 Å². The predicted octanol–water partition coefficient (Wildman–Crippen LogP) is 2.75. The van der Waals surface area contributed by atoms with E-state index >= 15 is 0 Å². The molecule has 0 aliphatic carbocycles. The third-order valence-corrected chi connectivity index (χ3v) is 5.37. The predicted molar refractivity (Wildman–Crippen MR) is 93.7 cm³/mol. The number of aromatic nitrogens is 3. The number of thiazole rings is 1. The lowest BCUT2D eigenvalue weighted by Gasteiger charge is -2.09. The van der Waals surface area contributed by atoms with Crippen molar-refractivity contribution in [2.24, 2.45) is 5.92 Å². The highest BCUT2D eigenvalue weighted by Crippen LogP contribution is 2.15. The molecule has 124 valence electrons. The summed E-state index contributed by atoms with van der Waals surface area (Å²) in [6.45, 7) is 6.06. The van der Waals surface area contributed by atoms with Gasteiger partial charge in [-0.05, 0) is 6.92 Å². The van der Waals surface area contributed by atoms with Crippen molar-refractivity contribution in [3.8, 4) is 0 Å². The van der Waals surface area contributed by atoms with E-state index in [1.54, 1.807) is 17.5 Å². The molecule has 1 atom stereocenters. The highest BCUT2D eigenvalue weighted by atomic mass is 32.2. The van der Waals surface area contributed by atoms with E-state index in [2.05, 4.69) is 15.4 Å². The lowest BCUT2D eigenvalue weighted by molar-refractivity contribution is -0.118. The minimum atomic E-state index is -0.230. The van der Waals surface area contributed by atoms with Crippen molar-refractivity contribution in [3.05, 3.63) is 28.5 Å². The molecule has 0 aliphatic rings. The standard InChI is InChI=1S/C15H20N4O2S2/c1-10(8-22-12(3)20)15(21)18-13-6-17-19(7-13)5-4-14-11(2)16-9-23-14/h6-7,9-10H,4-5,8H2,1-3H3,(H,18,21)/t10-/m0/s1. The second-order valence-electron chi connectivity index (χ2n) is 5.30. The van der Waals surface area contributed by atoms with Crippen LogP contribution in [0.3, 0.4) is 0 Å². The van der Waals surface area contributed by atoms with Crippen LogP contribution in [0.25, 0.3) is 0 Å². The van der Waals surface area contributed by atoms with E-state index in [1.165, 1.54) is 23.6 Å². The van der Waals surface area contributed by atoms with Gasteiger partial charge in [0.05, 0.1) is 23.1 Å². The van der Waals surface area contributed by atoms with Gasteiger partial charge in [0.2, 0.25) is 5.91 Å². The molecule has 0 saturated heterocycles. The third-order valence-electron chi connectivity index (χ3n) is 3.30. The number of nitrogens with zero attached hydrogens (tertiary/aromatic N) is 3. The van der Waals surface area contributed by atoms with Crippen molar-refractivity contribution in [2.45, 2.75) is 33.7 Å². The molecule has 0 bridgehead atoms. The minimum absolute atomic E-state index is 0.0239. The molecule has 1 N–H and O–H groups in total. The van der Waals surface area contributed by atoms with Crippen LogP contribution >= 0.6 is 23.1 Å². The Morgan fingerprint density at radius 2 is 2.26 bits per heavy atom. The van der Waals surface area contributed by atoms with E-state index in [-0.39, 0.29) is 16.9 Å². The molecule has 6 nitrogen and oxygen atoms in total. The van der Waals surface area contributed by atoms with Gasteiger partial charge in [-0.3, -0.25) is 14.3 Å². The van der Waals surface area contributed by atoms with Crippen molar-refractivity contribution < 1.29 is 9.59 Å². The first-order valence-corrected chi connectivity index (χ1v) is 9.18. The van der Waals surface area contributed by atoms with Crippen LogP contribution in [0.2, 0.25) is 0 Å². The third kappa shape index (κ3) is 5.47. The molecular weight excluding hydrogens is 332 g/mol. The number of aryl methyl sites for hydroxylation is 3. The van der Waals surface area contributed by atoms with Gasteiger partial charge in [0.15, 0.2) is 5.12 Å². The largest absolute Gasteiger partial charge is 0.323 e. The fraction of sp³-hybridized carbons (Fsp3) is 0.467. The summed E-state index contributed by atoms with van der Waals surface area (Å²) in [5.41, 5.74) is 3.59. The Morgan fingerprint density at radius 1 is 1.48 bits per heavy atom. The van der Waals surface area contributed by atoms with Crippen LogP contribution in [-0.4, -0.2) is 31.5 Å². The molecule has 0 aromatic carbocycles. The van der Waals surface area contributed by atoms with Gasteiger partial charge in [0, 0.05) is 42.6 Å². The normalized spacial score (nSPS) is 12.1. The van der Waals surface area contributed by atoms with Gasteiger partial charge < -0.3 is 5.32 Å². The van der Waals surface area contributed by atoms with E-state index in [0.717, 1.165) is 18.7 Å². The van der Waals surface area contributed by atoms with Gasteiger partial charge in [-0.2, -0.15) is 5.10 Å². The number of carbonyl (C=O) groups is 2. The molecule has 2 heterocycles. The first-order chi connectivity index (χ1) is 11.0. The van der Waals surface area contributed by atoms with Crippen LogP contribution in [0.15, 0.2) is 17.9 Å². The molecule has 2 aromatic rings. The van der Waals surface area contributed by atoms with Crippen molar-refractivity contribution in [2.75, 3.05) is 11.1 Å². The first-order valence-electron chi connectivity index (χ1n) is 7.31. The smallest absolute Gasteiger partial charge is 0.228 e. The lowest BCUT2D eigenvalue weighted by Crippen LogP contribution is -2.22. The molecule has 1 amide bonds. The lowest BCUT2D eigenvalue weighted by atomic mass is 10.2. The number of anilines is 1. The van der Waals surface area contributed by atoms with Crippen molar-refractivity contribution in [3.63, 3.8) is 0 Å². The fourth-order valence-electron chi connectivity index (χ4n) is 1.92. The van der Waals surface area contributed by atoms with Crippen LogP contribution in [0.1, 0.15) is 24.4 Å². The van der Waals surface area contributed by atoms with Gasteiger partial charge in [-0.1, -0.05) is 18.7 Å². The second-order valence-corrected chi connectivity index (χ2v) is 7.43. The summed E-state index contributed by atoms with van der Waals surface area (Å²) in [5, 5.41) is 7.12. The highest BCUT2D eigenvalue weighted by Gasteiger charge is 2.15. The van der Waals surface area contributed by atoms with E-state index < -0.39 is 0 Å². The second kappa shape index (κ2) is 8.26. The number of thioether (sulfide) groups is 1. The average molecular weight is 352 g/mol. The van der Waals surface area contributed by atoms with E-state index in [1.807, 2.05) is 30.2 Å². The molecule has 0 spiro atoms. The van der Waals surface area contributed by atoms with E-state index in [0.29, 0.717) is 11.4 Å². The van der Waals surface area contributed by atoms with Crippen LogP contribution in [0.4, 0.5) is 5.69 Å². The molecular formula is C15H20N4O2S2. The molecule has 0 saturated carbocycles. The zero-order valence-electron chi connectivity index (χ0n) is 13.4. The molecule has 8 heteroatoms. The number of hydrogen-bond acceptors (Lipinski definition) is 6. The van der Waals surface area contributed by atoms with E-state index in [9.17, 15) is 9.59 Å². The van der Waals surface area contributed by atoms with Gasteiger partial charge in [-0.15, -0.1) is 11.3 Å². The molecule has 2 rings (SSSR count). The van der Waals surface area contributed by atoms with Crippen LogP contribution < -0.4 is 5.32 Å². The number of rotatable bonds is 7. The Morgan fingerprint density at radius 3 is 2.91 bits per heavy atom. The Labute approximate surface area is 143 Å². The maximum absolute atomic E-state index is 12.0. The zero-order valence-corrected chi connectivity index (χ0v) is 15.0. The van der Waals surface area contributed by atoms with Gasteiger partial charge in [-0.25, -0.2) is 4.98 Å². The maximum Gasteiger partial charge on any atom is 0.228 e. The summed E-state index contributed by atoms with van der Waals surface area (Å²) < 4.78 is 1.81. The zero-order chi connectivity index (χ0) is 16.8. The van der Waals surface area contributed by atoms with Gasteiger partial charge in [0.25, 0.3) is 0 Å². The molecule has 23 heavy (non-hydrogen) atoms. The number of nitrogens with one attached hydrogen (secondary N) is 1. The molecule has 0 radical (unpaired) electrons. The summed E-state index contributed by atoms with van der Waals surface area (Å²) in [6.07, 6.45) is 4.33. The van der Waals surface area contributed by atoms with Crippen molar-refractivity contribution in [1.29, 1.82) is 0 Å². The summed E-state index contributed by atoms with van der Waals surface area (Å²) in [5.74, 6) is 0.156. The Kier molecular flexibility index (Phi) is 6.35. The minimum Gasteiger partial charge on any atom is -0.323 e. The van der Waals surface area contributed by atoms with Crippen LogP contribution in [0.5, 0.6) is 0 Å². The quantitative estimate of drug-likeness (QED) is 0.829. The molecule has 0 unspecified atom stereocenters. The Balaban J connectivity index is 1.83. The van der Waals surface area contributed by atoms with Crippen LogP contribution in [-0.2, 0) is 22.6 Å². The van der Waals surface area contributed by atoms with Crippen molar-refractivity contribution >= 4 is 39.8 Å². The van der Waals surface area contributed by atoms with E-state index in [4.69, 9.17) is 0 Å².